The van der Waals surface area contributed by atoms with E-state index in [-0.39, 0.29) is 6.04 Å². The molecule has 3 heteroatoms. The minimum absolute atomic E-state index is 0.0360. The van der Waals surface area contributed by atoms with Gasteiger partial charge in [0.2, 0.25) is 0 Å². The van der Waals surface area contributed by atoms with Crippen molar-refractivity contribution in [2.75, 3.05) is 0 Å². The van der Waals surface area contributed by atoms with Crippen molar-refractivity contribution >= 4 is 22.9 Å². The van der Waals surface area contributed by atoms with Gasteiger partial charge in [-0.3, -0.25) is 0 Å². The van der Waals surface area contributed by atoms with Crippen LogP contribution in [0.3, 0.4) is 0 Å². The molecule has 0 fully saturated rings. The third-order valence-electron chi connectivity index (χ3n) is 2.82. The zero-order valence-corrected chi connectivity index (χ0v) is 11.6. The van der Waals surface area contributed by atoms with Crippen molar-refractivity contribution in [1.29, 1.82) is 0 Å². The molecule has 17 heavy (non-hydrogen) atoms. The Morgan fingerprint density at radius 3 is 2.41 bits per heavy atom. The number of rotatable bonds is 3. The summed E-state index contributed by atoms with van der Waals surface area (Å²) in [6, 6.07) is 10.6. The molecule has 0 saturated heterocycles. The molecule has 0 aliphatic heterocycles. The SMILES string of the molecule is Cc1ccc(CC(N)c2cc(C)c(Cl)s2)cc1. The van der Waals surface area contributed by atoms with E-state index in [0.29, 0.717) is 0 Å². The Bertz CT molecular complexity index is 482. The second-order valence-electron chi connectivity index (χ2n) is 4.40. The molecule has 2 aromatic rings. The standard InChI is InChI=1S/C14H16ClNS/c1-9-3-5-11(6-4-9)8-12(16)13-7-10(2)14(15)17-13/h3-7,12H,8,16H2,1-2H3. The van der Waals surface area contributed by atoms with Crippen LogP contribution in [-0.2, 0) is 6.42 Å². The van der Waals surface area contributed by atoms with E-state index in [1.807, 2.05) is 6.92 Å². The molecule has 1 aromatic heterocycles. The molecule has 0 aliphatic rings. The van der Waals surface area contributed by atoms with Gasteiger partial charge in [-0.15, -0.1) is 11.3 Å². The van der Waals surface area contributed by atoms with Crippen molar-refractivity contribution in [2.45, 2.75) is 26.3 Å². The molecule has 2 N–H and O–H groups in total. The van der Waals surface area contributed by atoms with E-state index in [4.69, 9.17) is 17.3 Å². The lowest BCUT2D eigenvalue weighted by Gasteiger charge is -2.09. The van der Waals surface area contributed by atoms with Gasteiger partial charge in [-0.1, -0.05) is 41.4 Å². The molecule has 2 rings (SSSR count). The molecule has 0 spiro atoms. The summed E-state index contributed by atoms with van der Waals surface area (Å²) in [4.78, 5) is 1.16. The lowest BCUT2D eigenvalue weighted by atomic mass is 10.0. The summed E-state index contributed by atoms with van der Waals surface area (Å²) in [7, 11) is 0. The number of hydrogen-bond donors (Lipinski definition) is 1. The van der Waals surface area contributed by atoms with Crippen LogP contribution in [0.15, 0.2) is 30.3 Å². The summed E-state index contributed by atoms with van der Waals surface area (Å²) >= 11 is 7.65. The Kier molecular flexibility index (Phi) is 3.87. The molecule has 1 atom stereocenters. The van der Waals surface area contributed by atoms with Gasteiger partial charge >= 0.3 is 0 Å². The van der Waals surface area contributed by atoms with E-state index in [9.17, 15) is 0 Å². The molecule has 0 bridgehead atoms. The molecule has 1 nitrogen and oxygen atoms in total. The van der Waals surface area contributed by atoms with Gasteiger partial charge in [0.15, 0.2) is 0 Å². The molecule has 1 unspecified atom stereocenters. The van der Waals surface area contributed by atoms with Gasteiger partial charge in [0.05, 0.1) is 4.34 Å². The Labute approximate surface area is 111 Å². The second-order valence-corrected chi connectivity index (χ2v) is 6.09. The maximum absolute atomic E-state index is 6.20. The van der Waals surface area contributed by atoms with Crippen molar-refractivity contribution in [3.05, 3.63) is 56.2 Å². The molecular formula is C14H16ClNS. The smallest absolute Gasteiger partial charge is 0.0960 e. The first-order valence-electron chi connectivity index (χ1n) is 5.63. The molecule has 0 amide bonds. The predicted molar refractivity (Wildman–Crippen MR) is 75.9 cm³/mol. The Hall–Kier alpha value is -0.830. The lowest BCUT2D eigenvalue weighted by molar-refractivity contribution is 0.736. The van der Waals surface area contributed by atoms with Crippen LogP contribution in [0.4, 0.5) is 0 Å². The van der Waals surface area contributed by atoms with Gasteiger partial charge in [0.25, 0.3) is 0 Å². The number of hydrogen-bond acceptors (Lipinski definition) is 2. The van der Waals surface area contributed by atoms with E-state index < -0.39 is 0 Å². The van der Waals surface area contributed by atoms with Crippen LogP contribution in [-0.4, -0.2) is 0 Å². The average Bonchev–Trinajstić information content (AvgIpc) is 2.63. The molecule has 1 heterocycles. The molecule has 0 radical (unpaired) electrons. The predicted octanol–water partition coefficient (Wildman–Crippen LogP) is 4.26. The third kappa shape index (κ3) is 3.09. The number of aryl methyl sites for hydroxylation is 2. The minimum atomic E-state index is 0.0360. The van der Waals surface area contributed by atoms with Crippen LogP contribution in [0.2, 0.25) is 4.34 Å². The quantitative estimate of drug-likeness (QED) is 0.882. The first kappa shape index (κ1) is 12.6. The van der Waals surface area contributed by atoms with Crippen LogP contribution >= 0.6 is 22.9 Å². The van der Waals surface area contributed by atoms with E-state index >= 15 is 0 Å². The van der Waals surface area contributed by atoms with Crippen LogP contribution in [0.25, 0.3) is 0 Å². The minimum Gasteiger partial charge on any atom is -0.323 e. The number of benzene rings is 1. The number of thiophene rings is 1. The highest BCUT2D eigenvalue weighted by atomic mass is 35.5. The monoisotopic (exact) mass is 265 g/mol. The summed E-state index contributed by atoms with van der Waals surface area (Å²) in [5.74, 6) is 0. The van der Waals surface area contributed by atoms with Crippen LogP contribution in [0.5, 0.6) is 0 Å². The van der Waals surface area contributed by atoms with Crippen molar-refractivity contribution in [1.82, 2.24) is 0 Å². The van der Waals surface area contributed by atoms with Gasteiger partial charge in [-0.25, -0.2) is 0 Å². The summed E-state index contributed by atoms with van der Waals surface area (Å²) in [5, 5.41) is 0. The molecule has 1 aromatic carbocycles. The summed E-state index contributed by atoms with van der Waals surface area (Å²) in [6.07, 6.45) is 0.858. The Morgan fingerprint density at radius 2 is 1.88 bits per heavy atom. The van der Waals surface area contributed by atoms with Gasteiger partial charge < -0.3 is 5.73 Å². The summed E-state index contributed by atoms with van der Waals surface area (Å²) < 4.78 is 0.847. The highest BCUT2D eigenvalue weighted by molar-refractivity contribution is 7.16. The van der Waals surface area contributed by atoms with E-state index in [2.05, 4.69) is 37.3 Å². The molecule has 0 saturated carbocycles. The lowest BCUT2D eigenvalue weighted by Crippen LogP contribution is -2.11. The Morgan fingerprint density at radius 1 is 1.24 bits per heavy atom. The fraction of sp³-hybridized carbons (Fsp3) is 0.286. The third-order valence-corrected chi connectivity index (χ3v) is 4.50. The van der Waals surface area contributed by atoms with Gasteiger partial charge in [0.1, 0.15) is 0 Å². The average molecular weight is 266 g/mol. The number of halogens is 1. The molecular weight excluding hydrogens is 250 g/mol. The fourth-order valence-electron chi connectivity index (χ4n) is 1.74. The molecule has 90 valence electrons. The maximum atomic E-state index is 6.20. The van der Waals surface area contributed by atoms with Crippen molar-refractivity contribution in [3.8, 4) is 0 Å². The van der Waals surface area contributed by atoms with Crippen LogP contribution in [0.1, 0.15) is 27.6 Å². The first-order chi connectivity index (χ1) is 8.06. The maximum Gasteiger partial charge on any atom is 0.0960 e. The highest BCUT2D eigenvalue weighted by Gasteiger charge is 2.11. The largest absolute Gasteiger partial charge is 0.323 e. The fourth-order valence-corrected chi connectivity index (χ4v) is 2.96. The zero-order valence-electron chi connectivity index (χ0n) is 10.0. The van der Waals surface area contributed by atoms with Gasteiger partial charge in [0, 0.05) is 10.9 Å². The van der Waals surface area contributed by atoms with Crippen molar-refractivity contribution in [2.24, 2.45) is 5.73 Å². The van der Waals surface area contributed by atoms with E-state index in [1.54, 1.807) is 11.3 Å². The van der Waals surface area contributed by atoms with E-state index in [0.717, 1.165) is 21.2 Å². The first-order valence-corrected chi connectivity index (χ1v) is 6.82. The second kappa shape index (κ2) is 5.21. The zero-order chi connectivity index (χ0) is 12.4. The van der Waals surface area contributed by atoms with Crippen LogP contribution < -0.4 is 5.73 Å². The van der Waals surface area contributed by atoms with Crippen molar-refractivity contribution in [3.63, 3.8) is 0 Å². The summed E-state index contributed by atoms with van der Waals surface area (Å²) in [5.41, 5.74) is 9.86. The topological polar surface area (TPSA) is 26.0 Å². The normalized spacial score (nSPS) is 12.7. The van der Waals surface area contributed by atoms with Gasteiger partial charge in [-0.05, 0) is 37.5 Å². The van der Waals surface area contributed by atoms with Gasteiger partial charge in [-0.2, -0.15) is 0 Å². The number of nitrogens with two attached hydrogens (primary N) is 1. The summed E-state index contributed by atoms with van der Waals surface area (Å²) in [6.45, 7) is 4.10. The Balaban J connectivity index is 2.11. The van der Waals surface area contributed by atoms with Crippen molar-refractivity contribution < 1.29 is 0 Å². The molecule has 0 aliphatic carbocycles. The van der Waals surface area contributed by atoms with E-state index in [1.165, 1.54) is 11.1 Å². The van der Waals surface area contributed by atoms with Crippen LogP contribution in [0, 0.1) is 13.8 Å². The highest BCUT2D eigenvalue weighted by Crippen LogP contribution is 2.31.